The van der Waals surface area contributed by atoms with E-state index in [1.165, 1.54) is 19.3 Å². The molecule has 1 amide bonds. The lowest BCUT2D eigenvalue weighted by atomic mass is 10.1. The van der Waals surface area contributed by atoms with Gasteiger partial charge in [-0.15, -0.1) is 0 Å². The number of nitrogens with zero attached hydrogens (tertiary/aromatic N) is 1. The quantitative estimate of drug-likeness (QED) is 0.404. The number of carbonyl (C=O) groups excluding carboxylic acids is 2. The van der Waals surface area contributed by atoms with Crippen LogP contribution in [0.15, 0.2) is 17.7 Å². The first-order valence-corrected chi connectivity index (χ1v) is 9.44. The first-order valence-electron chi connectivity index (χ1n) is 9.07. The van der Waals surface area contributed by atoms with Gasteiger partial charge in [0.05, 0.1) is 18.7 Å². The summed E-state index contributed by atoms with van der Waals surface area (Å²) in [5.41, 5.74) is 0.480. The Labute approximate surface area is 169 Å². The van der Waals surface area contributed by atoms with Crippen LogP contribution < -0.4 is 14.8 Å². The van der Waals surface area contributed by atoms with Crippen molar-refractivity contribution < 1.29 is 23.8 Å². The van der Waals surface area contributed by atoms with Crippen LogP contribution in [0.5, 0.6) is 11.5 Å². The van der Waals surface area contributed by atoms with E-state index in [2.05, 4.69) is 5.32 Å². The van der Waals surface area contributed by atoms with Crippen molar-refractivity contribution in [2.75, 3.05) is 20.3 Å². The maximum absolute atomic E-state index is 12.3. The molecule has 1 aliphatic rings. The van der Waals surface area contributed by atoms with Gasteiger partial charge in [0.15, 0.2) is 18.1 Å². The van der Waals surface area contributed by atoms with E-state index >= 15 is 0 Å². The van der Waals surface area contributed by atoms with E-state index in [0.717, 1.165) is 25.7 Å². The van der Waals surface area contributed by atoms with E-state index in [1.807, 2.05) is 6.07 Å². The molecule has 0 unspecified atom stereocenters. The highest BCUT2D eigenvalue weighted by Crippen LogP contribution is 2.37. The number of amides is 1. The maximum atomic E-state index is 12.3. The van der Waals surface area contributed by atoms with Crippen molar-refractivity contribution in [2.24, 2.45) is 0 Å². The molecule has 1 fully saturated rings. The number of methoxy groups -OCH3 is 1. The number of carbonyl (C=O) groups is 2. The molecule has 0 radical (unpaired) electrons. The molecular formula is C20H23ClN2O5. The zero-order chi connectivity index (χ0) is 20.5. The van der Waals surface area contributed by atoms with Gasteiger partial charge in [0.25, 0.3) is 5.91 Å². The minimum atomic E-state index is -0.528. The van der Waals surface area contributed by atoms with Crippen LogP contribution in [0, 0.1) is 11.3 Å². The molecule has 150 valence electrons. The second-order valence-electron chi connectivity index (χ2n) is 6.25. The zero-order valence-electron chi connectivity index (χ0n) is 15.9. The van der Waals surface area contributed by atoms with Crippen molar-refractivity contribution in [3.8, 4) is 17.6 Å². The predicted molar refractivity (Wildman–Crippen MR) is 104 cm³/mol. The van der Waals surface area contributed by atoms with Crippen molar-refractivity contribution in [3.63, 3.8) is 0 Å². The Bertz CT molecular complexity index is 795. The molecule has 8 heteroatoms. The van der Waals surface area contributed by atoms with Gasteiger partial charge in [0, 0.05) is 6.04 Å². The Morgan fingerprint density at radius 2 is 2.07 bits per heavy atom. The van der Waals surface area contributed by atoms with E-state index in [1.54, 1.807) is 13.0 Å². The van der Waals surface area contributed by atoms with Crippen molar-refractivity contribution in [1.29, 1.82) is 5.26 Å². The Morgan fingerprint density at radius 1 is 1.36 bits per heavy atom. The lowest BCUT2D eigenvalue weighted by Gasteiger charge is -2.13. The van der Waals surface area contributed by atoms with Crippen LogP contribution in [-0.2, 0) is 14.3 Å². The first-order chi connectivity index (χ1) is 13.5. The minimum Gasteiger partial charge on any atom is -0.493 e. The number of nitrogens with one attached hydrogen (secondary N) is 1. The lowest BCUT2D eigenvalue weighted by Crippen LogP contribution is -2.33. The number of esters is 1. The molecule has 1 saturated carbocycles. The molecule has 1 N–H and O–H groups in total. The molecule has 0 spiro atoms. The summed E-state index contributed by atoms with van der Waals surface area (Å²) in [4.78, 5) is 23.8. The SMILES string of the molecule is CCOC(=O)COc1c(Cl)cc(/C=C(/C#N)C(=O)NC2CCCC2)cc1OC. The van der Waals surface area contributed by atoms with Crippen LogP contribution in [0.4, 0.5) is 0 Å². The largest absolute Gasteiger partial charge is 0.493 e. The second kappa shape index (κ2) is 10.6. The van der Waals surface area contributed by atoms with Crippen molar-refractivity contribution >= 4 is 29.6 Å². The average molecular weight is 407 g/mol. The number of rotatable bonds is 8. The van der Waals surface area contributed by atoms with Gasteiger partial charge in [-0.1, -0.05) is 24.4 Å². The molecular weight excluding hydrogens is 384 g/mol. The minimum absolute atomic E-state index is 0.0230. The zero-order valence-corrected chi connectivity index (χ0v) is 16.7. The number of hydrogen-bond donors (Lipinski definition) is 1. The summed E-state index contributed by atoms with van der Waals surface area (Å²) in [6.45, 7) is 1.63. The molecule has 28 heavy (non-hydrogen) atoms. The summed E-state index contributed by atoms with van der Waals surface area (Å²) in [6.07, 6.45) is 5.45. The third-order valence-electron chi connectivity index (χ3n) is 4.26. The third kappa shape index (κ3) is 5.89. The molecule has 2 rings (SSSR count). The second-order valence-corrected chi connectivity index (χ2v) is 6.66. The Balaban J connectivity index is 2.18. The summed E-state index contributed by atoms with van der Waals surface area (Å²) in [6, 6.07) is 5.14. The highest BCUT2D eigenvalue weighted by Gasteiger charge is 2.20. The lowest BCUT2D eigenvalue weighted by molar-refractivity contribution is -0.145. The summed E-state index contributed by atoms with van der Waals surface area (Å²) >= 11 is 6.25. The van der Waals surface area contributed by atoms with Gasteiger partial charge in [-0.25, -0.2) is 4.79 Å². The molecule has 0 bridgehead atoms. The van der Waals surface area contributed by atoms with Crippen LogP contribution in [0.25, 0.3) is 6.08 Å². The highest BCUT2D eigenvalue weighted by atomic mass is 35.5. The predicted octanol–water partition coefficient (Wildman–Crippen LogP) is 3.26. The molecule has 0 heterocycles. The van der Waals surface area contributed by atoms with Crippen molar-refractivity contribution in [2.45, 2.75) is 38.6 Å². The molecule has 1 aromatic carbocycles. The summed E-state index contributed by atoms with van der Waals surface area (Å²) in [7, 11) is 1.42. The number of hydrogen-bond acceptors (Lipinski definition) is 6. The van der Waals surface area contributed by atoms with E-state index in [4.69, 9.17) is 25.8 Å². The number of halogens is 1. The third-order valence-corrected chi connectivity index (χ3v) is 4.54. The van der Waals surface area contributed by atoms with Gasteiger partial charge in [0.2, 0.25) is 0 Å². The normalized spacial score (nSPS) is 14.3. The fourth-order valence-electron chi connectivity index (χ4n) is 2.95. The molecule has 0 saturated heterocycles. The van der Waals surface area contributed by atoms with E-state index in [9.17, 15) is 14.9 Å². The average Bonchev–Trinajstić information content (AvgIpc) is 3.17. The molecule has 0 atom stereocenters. The summed E-state index contributed by atoms with van der Waals surface area (Å²) in [5.74, 6) is -0.480. The van der Waals surface area contributed by atoms with Crippen LogP contribution in [0.2, 0.25) is 5.02 Å². The van der Waals surface area contributed by atoms with Gasteiger partial charge in [-0.2, -0.15) is 5.26 Å². The number of nitriles is 1. The monoisotopic (exact) mass is 406 g/mol. The van der Waals surface area contributed by atoms with Crippen molar-refractivity contribution in [3.05, 3.63) is 28.3 Å². The van der Waals surface area contributed by atoms with Gasteiger partial charge in [-0.05, 0) is 43.5 Å². The van der Waals surface area contributed by atoms with Gasteiger partial charge in [0.1, 0.15) is 11.6 Å². The Hall–Kier alpha value is -2.72. The molecule has 1 aliphatic carbocycles. The summed E-state index contributed by atoms with van der Waals surface area (Å²) < 4.78 is 15.5. The van der Waals surface area contributed by atoms with Crippen LogP contribution in [0.1, 0.15) is 38.2 Å². The van der Waals surface area contributed by atoms with Crippen LogP contribution in [-0.4, -0.2) is 38.2 Å². The van der Waals surface area contributed by atoms with Crippen molar-refractivity contribution in [1.82, 2.24) is 5.32 Å². The van der Waals surface area contributed by atoms with Gasteiger partial charge < -0.3 is 19.5 Å². The van der Waals surface area contributed by atoms with Crippen LogP contribution in [0.3, 0.4) is 0 Å². The van der Waals surface area contributed by atoms with Gasteiger partial charge >= 0.3 is 5.97 Å². The van der Waals surface area contributed by atoms with E-state index < -0.39 is 11.9 Å². The van der Waals surface area contributed by atoms with Crippen LogP contribution >= 0.6 is 11.6 Å². The standard InChI is InChI=1S/C20H23ClN2O5/c1-3-27-18(24)12-28-19-16(21)9-13(10-17(19)26-2)8-14(11-22)20(25)23-15-6-4-5-7-15/h8-10,15H,3-7,12H2,1-2H3,(H,23,25)/b14-8-. The number of ether oxygens (including phenoxy) is 3. The topological polar surface area (TPSA) is 97.7 Å². The van der Waals surface area contributed by atoms with Gasteiger partial charge in [-0.3, -0.25) is 4.79 Å². The number of benzene rings is 1. The smallest absolute Gasteiger partial charge is 0.344 e. The first kappa shape index (κ1) is 21.6. The Kier molecular flexibility index (Phi) is 8.15. The highest BCUT2D eigenvalue weighted by molar-refractivity contribution is 6.32. The molecule has 1 aromatic rings. The molecule has 0 aromatic heterocycles. The molecule has 7 nitrogen and oxygen atoms in total. The Morgan fingerprint density at radius 3 is 2.68 bits per heavy atom. The molecule has 0 aliphatic heterocycles. The maximum Gasteiger partial charge on any atom is 0.344 e. The fraction of sp³-hybridized carbons (Fsp3) is 0.450. The van der Waals surface area contributed by atoms with E-state index in [0.29, 0.717) is 5.56 Å². The fourth-order valence-corrected chi connectivity index (χ4v) is 3.22. The van der Waals surface area contributed by atoms with E-state index in [-0.39, 0.29) is 41.4 Å². The summed E-state index contributed by atoms with van der Waals surface area (Å²) in [5, 5.41) is 12.4.